The lowest BCUT2D eigenvalue weighted by Gasteiger charge is -2.12. The second kappa shape index (κ2) is 7.38. The van der Waals surface area contributed by atoms with Crippen LogP contribution in [0, 0.1) is 0 Å². The number of alkyl halides is 3. The van der Waals surface area contributed by atoms with Crippen LogP contribution < -0.4 is 5.32 Å². The Balaban J connectivity index is 2.57. The van der Waals surface area contributed by atoms with Crippen LogP contribution in [0.3, 0.4) is 0 Å². The predicted molar refractivity (Wildman–Crippen MR) is 75.4 cm³/mol. The molecular formula is C14H16F3NOS. The van der Waals surface area contributed by atoms with Gasteiger partial charge in [-0.1, -0.05) is 24.3 Å². The summed E-state index contributed by atoms with van der Waals surface area (Å²) < 4.78 is 37.7. The summed E-state index contributed by atoms with van der Waals surface area (Å²) in [5.74, 6) is 0.203. The van der Waals surface area contributed by atoms with Gasteiger partial charge in [-0.2, -0.15) is 13.2 Å². The average Bonchev–Trinajstić information content (AvgIpc) is 2.41. The molecule has 0 aromatic heterocycles. The SMILES string of the molecule is C=CCNC(=O)C(C)SCc1cccc(C(F)(F)F)c1. The van der Waals surface area contributed by atoms with Crippen LogP contribution in [-0.4, -0.2) is 17.7 Å². The number of halogens is 3. The van der Waals surface area contributed by atoms with E-state index in [1.165, 1.54) is 17.8 Å². The molecule has 1 aromatic carbocycles. The maximum Gasteiger partial charge on any atom is 0.416 e. The fourth-order valence-electron chi connectivity index (χ4n) is 1.45. The molecule has 1 amide bonds. The maximum absolute atomic E-state index is 12.6. The van der Waals surface area contributed by atoms with Crippen molar-refractivity contribution in [3.63, 3.8) is 0 Å². The van der Waals surface area contributed by atoms with Crippen molar-refractivity contribution in [3.05, 3.63) is 48.0 Å². The van der Waals surface area contributed by atoms with E-state index in [1.54, 1.807) is 19.1 Å². The first-order chi connectivity index (χ1) is 9.34. The molecule has 0 heterocycles. The van der Waals surface area contributed by atoms with Crippen molar-refractivity contribution in [2.45, 2.75) is 24.1 Å². The van der Waals surface area contributed by atoms with E-state index < -0.39 is 11.7 Å². The van der Waals surface area contributed by atoms with Crippen LogP contribution in [0.15, 0.2) is 36.9 Å². The lowest BCUT2D eigenvalue weighted by molar-refractivity contribution is -0.137. The molecule has 0 aliphatic heterocycles. The van der Waals surface area contributed by atoms with Gasteiger partial charge in [-0.15, -0.1) is 18.3 Å². The first kappa shape index (κ1) is 16.6. The van der Waals surface area contributed by atoms with Gasteiger partial charge < -0.3 is 5.32 Å². The van der Waals surface area contributed by atoms with E-state index in [4.69, 9.17) is 0 Å². The van der Waals surface area contributed by atoms with Crippen LogP contribution in [0.1, 0.15) is 18.1 Å². The Labute approximate surface area is 120 Å². The fraction of sp³-hybridized carbons (Fsp3) is 0.357. The first-order valence-corrected chi connectivity index (χ1v) is 7.06. The van der Waals surface area contributed by atoms with Crippen molar-refractivity contribution >= 4 is 17.7 Å². The number of rotatable bonds is 6. The van der Waals surface area contributed by atoms with Gasteiger partial charge in [0.2, 0.25) is 5.91 Å². The molecule has 0 radical (unpaired) electrons. The lowest BCUT2D eigenvalue weighted by atomic mass is 10.1. The van der Waals surface area contributed by atoms with E-state index in [0.29, 0.717) is 17.9 Å². The van der Waals surface area contributed by atoms with E-state index >= 15 is 0 Å². The highest BCUT2D eigenvalue weighted by molar-refractivity contribution is 7.99. The Bertz CT molecular complexity index is 474. The molecule has 1 aromatic rings. The highest BCUT2D eigenvalue weighted by atomic mass is 32.2. The number of hydrogen-bond acceptors (Lipinski definition) is 2. The van der Waals surface area contributed by atoms with Gasteiger partial charge in [0.1, 0.15) is 0 Å². The van der Waals surface area contributed by atoms with Crippen LogP contribution in [0.4, 0.5) is 13.2 Å². The van der Waals surface area contributed by atoms with Crippen LogP contribution in [-0.2, 0) is 16.7 Å². The molecule has 1 rings (SSSR count). The Morgan fingerprint density at radius 2 is 2.20 bits per heavy atom. The van der Waals surface area contributed by atoms with Crippen molar-refractivity contribution in [1.82, 2.24) is 5.32 Å². The summed E-state index contributed by atoms with van der Waals surface area (Å²) >= 11 is 1.29. The standard InChI is InChI=1S/C14H16F3NOS/c1-3-7-18-13(19)10(2)20-9-11-5-4-6-12(8-11)14(15,16)17/h3-6,8,10H,1,7,9H2,2H3,(H,18,19). The van der Waals surface area contributed by atoms with Crippen molar-refractivity contribution in [3.8, 4) is 0 Å². The molecule has 110 valence electrons. The summed E-state index contributed by atoms with van der Waals surface area (Å²) in [4.78, 5) is 11.6. The molecule has 2 nitrogen and oxygen atoms in total. The zero-order valence-electron chi connectivity index (χ0n) is 11.0. The quantitative estimate of drug-likeness (QED) is 0.813. The number of amides is 1. The van der Waals surface area contributed by atoms with Gasteiger partial charge in [-0.3, -0.25) is 4.79 Å². The smallest absolute Gasteiger partial charge is 0.352 e. The zero-order valence-corrected chi connectivity index (χ0v) is 11.9. The normalized spacial score (nSPS) is 12.8. The second-order valence-corrected chi connectivity index (χ2v) is 5.51. The lowest BCUT2D eigenvalue weighted by Crippen LogP contribution is -2.30. The van der Waals surface area contributed by atoms with Gasteiger partial charge in [0.15, 0.2) is 0 Å². The summed E-state index contributed by atoms with van der Waals surface area (Å²) in [5, 5.41) is 2.32. The van der Waals surface area contributed by atoms with E-state index in [1.807, 2.05) is 0 Å². The highest BCUT2D eigenvalue weighted by Gasteiger charge is 2.30. The highest BCUT2D eigenvalue weighted by Crippen LogP contribution is 2.30. The van der Waals surface area contributed by atoms with Gasteiger partial charge in [0.25, 0.3) is 0 Å². The minimum Gasteiger partial charge on any atom is -0.352 e. The topological polar surface area (TPSA) is 29.1 Å². The molecule has 0 aliphatic carbocycles. The Morgan fingerprint density at radius 3 is 2.80 bits per heavy atom. The van der Waals surface area contributed by atoms with E-state index in [9.17, 15) is 18.0 Å². The molecular weight excluding hydrogens is 287 g/mol. The number of benzene rings is 1. The number of hydrogen-bond donors (Lipinski definition) is 1. The first-order valence-electron chi connectivity index (χ1n) is 6.01. The van der Waals surface area contributed by atoms with Gasteiger partial charge in [0, 0.05) is 12.3 Å². The van der Waals surface area contributed by atoms with Crippen molar-refractivity contribution < 1.29 is 18.0 Å². The number of carbonyl (C=O) groups excluding carboxylic acids is 1. The molecule has 1 N–H and O–H groups in total. The van der Waals surface area contributed by atoms with Crippen LogP contribution >= 0.6 is 11.8 Å². The molecule has 0 saturated carbocycles. The van der Waals surface area contributed by atoms with E-state index in [-0.39, 0.29) is 11.2 Å². The van der Waals surface area contributed by atoms with Crippen LogP contribution in [0.25, 0.3) is 0 Å². The summed E-state index contributed by atoms with van der Waals surface area (Å²) in [6.07, 6.45) is -2.77. The summed E-state index contributed by atoms with van der Waals surface area (Å²) in [6.45, 7) is 5.59. The molecule has 0 spiro atoms. The molecule has 1 unspecified atom stereocenters. The summed E-state index contributed by atoms with van der Waals surface area (Å²) in [5.41, 5.74) is -0.118. The fourth-order valence-corrected chi connectivity index (χ4v) is 2.31. The number of nitrogens with one attached hydrogen (secondary N) is 1. The maximum atomic E-state index is 12.6. The molecule has 0 fully saturated rings. The van der Waals surface area contributed by atoms with Crippen LogP contribution in [0.5, 0.6) is 0 Å². The molecule has 20 heavy (non-hydrogen) atoms. The monoisotopic (exact) mass is 303 g/mol. The van der Waals surface area contributed by atoms with Gasteiger partial charge >= 0.3 is 6.18 Å². The zero-order chi connectivity index (χ0) is 15.2. The van der Waals surface area contributed by atoms with Crippen molar-refractivity contribution in [1.29, 1.82) is 0 Å². The minimum absolute atomic E-state index is 0.151. The van der Waals surface area contributed by atoms with Gasteiger partial charge in [-0.25, -0.2) is 0 Å². The van der Waals surface area contributed by atoms with Crippen molar-refractivity contribution in [2.24, 2.45) is 0 Å². The summed E-state index contributed by atoms with van der Waals surface area (Å²) in [7, 11) is 0. The molecule has 0 aliphatic rings. The van der Waals surface area contributed by atoms with Crippen LogP contribution in [0.2, 0.25) is 0 Å². The largest absolute Gasteiger partial charge is 0.416 e. The molecule has 6 heteroatoms. The third kappa shape index (κ3) is 5.28. The predicted octanol–water partition coefficient (Wildman–Crippen LogP) is 3.63. The Morgan fingerprint density at radius 1 is 1.50 bits per heavy atom. The minimum atomic E-state index is -4.34. The average molecular weight is 303 g/mol. The molecule has 0 bridgehead atoms. The Kier molecular flexibility index (Phi) is 6.13. The molecule has 1 atom stereocenters. The number of carbonyl (C=O) groups is 1. The second-order valence-electron chi connectivity index (χ2n) is 4.19. The third-order valence-electron chi connectivity index (χ3n) is 2.54. The van der Waals surface area contributed by atoms with E-state index in [0.717, 1.165) is 12.1 Å². The van der Waals surface area contributed by atoms with Gasteiger partial charge in [0.05, 0.1) is 10.8 Å². The third-order valence-corrected chi connectivity index (χ3v) is 3.76. The van der Waals surface area contributed by atoms with Crippen molar-refractivity contribution in [2.75, 3.05) is 6.54 Å². The van der Waals surface area contributed by atoms with E-state index in [2.05, 4.69) is 11.9 Å². The summed E-state index contributed by atoms with van der Waals surface area (Å²) in [6, 6.07) is 5.15. The number of thioether (sulfide) groups is 1. The molecule has 0 saturated heterocycles. The Hall–Kier alpha value is -1.43. The van der Waals surface area contributed by atoms with Gasteiger partial charge in [-0.05, 0) is 18.6 Å².